The van der Waals surface area contributed by atoms with E-state index >= 15 is 0 Å². The number of para-hydroxylation sites is 1. The van der Waals surface area contributed by atoms with Crippen molar-refractivity contribution in [3.63, 3.8) is 0 Å². The highest BCUT2D eigenvalue weighted by Crippen LogP contribution is 2.30. The number of benzene rings is 2. The van der Waals surface area contributed by atoms with Gasteiger partial charge in [-0.15, -0.1) is 0 Å². The molecule has 0 aliphatic carbocycles. The third-order valence-electron chi connectivity index (χ3n) is 4.91. The predicted octanol–water partition coefficient (Wildman–Crippen LogP) is 3.95. The fourth-order valence-corrected chi connectivity index (χ4v) is 4.40. The van der Waals surface area contributed by atoms with E-state index in [0.717, 1.165) is 33.1 Å². The molecule has 0 aromatic heterocycles. The molecule has 6 nitrogen and oxygen atoms in total. The van der Waals surface area contributed by atoms with Gasteiger partial charge in [0.1, 0.15) is 10.6 Å². The molecule has 7 heteroatoms. The zero-order valence-electron chi connectivity index (χ0n) is 17.9. The molecule has 29 heavy (non-hydrogen) atoms. The molecule has 2 aromatic rings. The number of methoxy groups -OCH3 is 1. The lowest BCUT2D eigenvalue weighted by Gasteiger charge is -2.20. The van der Waals surface area contributed by atoms with E-state index in [1.165, 1.54) is 14.2 Å². The van der Waals surface area contributed by atoms with E-state index in [-0.39, 0.29) is 29.0 Å². The highest BCUT2D eigenvalue weighted by atomic mass is 32.2. The zero-order chi connectivity index (χ0) is 21.8. The molecule has 0 heterocycles. The fraction of sp³-hybridized carbons (Fsp3) is 0.409. The minimum atomic E-state index is -3.90. The standard InChI is InChI=1S/C22H30N2O4S/c1-7-17-10-8-9-16(4)22(17)23-21(25)14-24(5)29(26,27)20-13-18(15(2)3)11-12-19(20)28-6/h8-13,15H,7,14H2,1-6H3,(H,23,25). The van der Waals surface area contributed by atoms with Crippen LogP contribution in [0.1, 0.15) is 43.4 Å². The van der Waals surface area contributed by atoms with Crippen molar-refractivity contribution in [3.05, 3.63) is 53.1 Å². The number of aryl methyl sites for hydroxylation is 2. The summed E-state index contributed by atoms with van der Waals surface area (Å²) in [6.45, 7) is 7.60. The molecule has 0 aliphatic rings. The summed E-state index contributed by atoms with van der Waals surface area (Å²) in [6, 6.07) is 10.9. The van der Waals surface area contributed by atoms with Gasteiger partial charge in [-0.3, -0.25) is 4.79 Å². The largest absolute Gasteiger partial charge is 0.495 e. The van der Waals surface area contributed by atoms with Crippen LogP contribution in [0.5, 0.6) is 5.75 Å². The Balaban J connectivity index is 2.27. The molecular weight excluding hydrogens is 388 g/mol. The number of likely N-dealkylation sites (N-methyl/N-ethyl adjacent to an activating group) is 1. The van der Waals surface area contributed by atoms with Crippen LogP contribution in [0.2, 0.25) is 0 Å². The number of ether oxygens (including phenoxy) is 1. The first-order valence-corrected chi connectivity index (χ1v) is 11.1. The molecule has 0 spiro atoms. The van der Waals surface area contributed by atoms with Crippen LogP contribution in [0, 0.1) is 6.92 Å². The van der Waals surface area contributed by atoms with Crippen molar-refractivity contribution in [3.8, 4) is 5.75 Å². The van der Waals surface area contributed by atoms with E-state index in [0.29, 0.717) is 0 Å². The van der Waals surface area contributed by atoms with E-state index < -0.39 is 10.0 Å². The fourth-order valence-electron chi connectivity index (χ4n) is 3.09. The Morgan fingerprint density at radius 3 is 2.48 bits per heavy atom. The van der Waals surface area contributed by atoms with Gasteiger partial charge >= 0.3 is 0 Å². The lowest BCUT2D eigenvalue weighted by molar-refractivity contribution is -0.116. The molecular formula is C22H30N2O4S. The van der Waals surface area contributed by atoms with Gasteiger partial charge in [0.15, 0.2) is 0 Å². The second-order valence-electron chi connectivity index (χ2n) is 7.34. The van der Waals surface area contributed by atoms with Crippen LogP contribution in [0.3, 0.4) is 0 Å². The molecule has 0 bridgehead atoms. The average molecular weight is 419 g/mol. The smallest absolute Gasteiger partial charge is 0.246 e. The molecule has 2 rings (SSSR count). The molecule has 0 atom stereocenters. The molecule has 0 unspecified atom stereocenters. The van der Waals surface area contributed by atoms with Crippen molar-refractivity contribution in [2.24, 2.45) is 0 Å². The normalized spacial score (nSPS) is 11.7. The maximum atomic E-state index is 13.1. The molecule has 0 aliphatic heterocycles. The SMILES string of the molecule is CCc1cccc(C)c1NC(=O)CN(C)S(=O)(=O)c1cc(C(C)C)ccc1OC. The molecule has 1 N–H and O–H groups in total. The number of sulfonamides is 1. The summed E-state index contributed by atoms with van der Waals surface area (Å²) in [6.07, 6.45) is 0.768. The Kier molecular flexibility index (Phi) is 7.43. The Bertz CT molecular complexity index is 984. The summed E-state index contributed by atoms with van der Waals surface area (Å²) < 4.78 is 32.6. The average Bonchev–Trinajstić information content (AvgIpc) is 2.68. The minimum Gasteiger partial charge on any atom is -0.495 e. The third-order valence-corrected chi connectivity index (χ3v) is 6.74. The summed E-state index contributed by atoms with van der Waals surface area (Å²) in [5, 5.41) is 2.87. The minimum absolute atomic E-state index is 0.0617. The van der Waals surface area contributed by atoms with E-state index in [1.807, 2.05) is 52.0 Å². The van der Waals surface area contributed by atoms with E-state index in [4.69, 9.17) is 4.74 Å². The summed E-state index contributed by atoms with van der Waals surface area (Å²) >= 11 is 0. The van der Waals surface area contributed by atoms with Gasteiger partial charge in [0.2, 0.25) is 15.9 Å². The topological polar surface area (TPSA) is 75.7 Å². The van der Waals surface area contributed by atoms with Crippen molar-refractivity contribution in [2.75, 3.05) is 26.0 Å². The number of carbonyl (C=O) groups is 1. The van der Waals surface area contributed by atoms with Crippen LogP contribution in [0.25, 0.3) is 0 Å². The molecule has 0 radical (unpaired) electrons. The number of nitrogens with one attached hydrogen (secondary N) is 1. The van der Waals surface area contributed by atoms with Gasteiger partial charge in [0.05, 0.1) is 13.7 Å². The second kappa shape index (κ2) is 9.41. The highest BCUT2D eigenvalue weighted by Gasteiger charge is 2.27. The molecule has 2 aromatic carbocycles. The van der Waals surface area contributed by atoms with Gasteiger partial charge in [-0.2, -0.15) is 4.31 Å². The van der Waals surface area contributed by atoms with Gasteiger partial charge < -0.3 is 10.1 Å². The Hall–Kier alpha value is -2.38. The Morgan fingerprint density at radius 2 is 1.90 bits per heavy atom. The monoisotopic (exact) mass is 418 g/mol. The lowest BCUT2D eigenvalue weighted by Crippen LogP contribution is -2.35. The first kappa shape index (κ1) is 22.9. The van der Waals surface area contributed by atoms with Gasteiger partial charge in [0.25, 0.3) is 0 Å². The van der Waals surface area contributed by atoms with Crippen molar-refractivity contribution < 1.29 is 17.9 Å². The molecule has 0 saturated heterocycles. The molecule has 0 fully saturated rings. The second-order valence-corrected chi connectivity index (χ2v) is 9.35. The van der Waals surface area contributed by atoms with Gasteiger partial charge in [0, 0.05) is 12.7 Å². The number of hydrogen-bond donors (Lipinski definition) is 1. The third kappa shape index (κ3) is 5.16. The summed E-state index contributed by atoms with van der Waals surface area (Å²) in [5.41, 5.74) is 3.57. The van der Waals surface area contributed by atoms with Gasteiger partial charge in [-0.1, -0.05) is 45.0 Å². The first-order valence-electron chi connectivity index (χ1n) is 9.64. The Morgan fingerprint density at radius 1 is 1.21 bits per heavy atom. The molecule has 158 valence electrons. The van der Waals surface area contributed by atoms with Crippen LogP contribution in [-0.2, 0) is 21.2 Å². The zero-order valence-corrected chi connectivity index (χ0v) is 18.8. The number of carbonyl (C=O) groups excluding carboxylic acids is 1. The molecule has 0 saturated carbocycles. The number of rotatable bonds is 8. The predicted molar refractivity (Wildman–Crippen MR) is 116 cm³/mol. The summed E-state index contributed by atoms with van der Waals surface area (Å²) in [5.74, 6) is 0.0323. The maximum absolute atomic E-state index is 13.1. The van der Waals surface area contributed by atoms with Crippen LogP contribution in [0.4, 0.5) is 5.69 Å². The summed E-state index contributed by atoms with van der Waals surface area (Å²) in [4.78, 5) is 12.7. The number of hydrogen-bond acceptors (Lipinski definition) is 4. The first-order chi connectivity index (χ1) is 13.6. The maximum Gasteiger partial charge on any atom is 0.246 e. The Labute approximate surface area is 173 Å². The van der Waals surface area contributed by atoms with E-state index in [1.54, 1.807) is 12.1 Å². The van der Waals surface area contributed by atoms with Gasteiger partial charge in [-0.25, -0.2) is 8.42 Å². The van der Waals surface area contributed by atoms with Gasteiger partial charge in [-0.05, 0) is 48.1 Å². The quantitative estimate of drug-likeness (QED) is 0.704. The van der Waals surface area contributed by atoms with Crippen LogP contribution < -0.4 is 10.1 Å². The molecule has 1 amide bonds. The van der Waals surface area contributed by atoms with E-state index in [2.05, 4.69) is 5.32 Å². The number of nitrogens with zero attached hydrogens (tertiary/aromatic N) is 1. The van der Waals surface area contributed by atoms with Crippen LogP contribution in [-0.4, -0.2) is 39.3 Å². The number of anilines is 1. The van der Waals surface area contributed by atoms with Crippen LogP contribution in [0.15, 0.2) is 41.3 Å². The lowest BCUT2D eigenvalue weighted by atomic mass is 10.0. The number of amides is 1. The van der Waals surface area contributed by atoms with Crippen molar-refractivity contribution in [2.45, 2.75) is 44.9 Å². The summed E-state index contributed by atoms with van der Waals surface area (Å²) in [7, 11) is -1.07. The van der Waals surface area contributed by atoms with Crippen LogP contribution >= 0.6 is 0 Å². The van der Waals surface area contributed by atoms with Crippen molar-refractivity contribution in [1.29, 1.82) is 0 Å². The van der Waals surface area contributed by atoms with Crippen molar-refractivity contribution >= 4 is 21.6 Å². The van der Waals surface area contributed by atoms with E-state index in [9.17, 15) is 13.2 Å². The van der Waals surface area contributed by atoms with Crippen molar-refractivity contribution in [1.82, 2.24) is 4.31 Å². The highest BCUT2D eigenvalue weighted by molar-refractivity contribution is 7.89.